The van der Waals surface area contributed by atoms with Crippen molar-refractivity contribution in [3.8, 4) is 11.4 Å². The molecule has 1 aliphatic rings. The van der Waals surface area contributed by atoms with Gasteiger partial charge in [-0.25, -0.2) is 4.68 Å². The Bertz CT molecular complexity index is 892. The second-order valence-electron chi connectivity index (χ2n) is 6.95. The Hall–Kier alpha value is -2.25. The predicted octanol–water partition coefficient (Wildman–Crippen LogP) is 3.81. The first kappa shape index (κ1) is 17.2. The van der Waals surface area contributed by atoms with Crippen LogP contribution in [0, 0.1) is 10.7 Å². The normalized spacial score (nSPS) is 16.2. The van der Waals surface area contributed by atoms with E-state index in [-0.39, 0.29) is 0 Å². The Labute approximate surface area is 158 Å². The molecule has 3 aromatic rings. The van der Waals surface area contributed by atoms with Gasteiger partial charge in [-0.15, -0.1) is 0 Å². The third kappa shape index (κ3) is 3.64. The smallest absolute Gasteiger partial charge is 0.199 e. The van der Waals surface area contributed by atoms with E-state index in [2.05, 4.69) is 16.8 Å². The van der Waals surface area contributed by atoms with Crippen molar-refractivity contribution in [1.82, 2.24) is 24.2 Å². The van der Waals surface area contributed by atoms with Crippen LogP contribution in [0.25, 0.3) is 11.4 Å². The number of nitrogens with zero attached hydrogens (tertiary/aromatic N) is 5. The van der Waals surface area contributed by atoms with E-state index in [0.717, 1.165) is 42.8 Å². The van der Waals surface area contributed by atoms with Crippen LogP contribution in [0.4, 0.5) is 0 Å². The van der Waals surface area contributed by atoms with Gasteiger partial charge in [0, 0.05) is 31.0 Å². The summed E-state index contributed by atoms with van der Waals surface area (Å²) in [7, 11) is 0. The summed E-state index contributed by atoms with van der Waals surface area (Å²) in [5, 5.41) is 4.84. The summed E-state index contributed by atoms with van der Waals surface area (Å²) in [5.41, 5.74) is 1.00. The lowest BCUT2D eigenvalue weighted by Gasteiger charge is -2.29. The summed E-state index contributed by atoms with van der Waals surface area (Å²) in [4.78, 5) is 6.54. The standard InChI is InChI=1S/C19H23N5OS/c1-15-6-10-22(11-7-15)14-24-19(26)23(13-17-3-2-12-25-17)18(21-24)16-4-8-20-9-5-16/h2-5,8-9,12,15H,6-7,10-11,13-14H2,1H3. The lowest BCUT2D eigenvalue weighted by atomic mass is 10.00. The van der Waals surface area contributed by atoms with E-state index in [1.54, 1.807) is 18.7 Å². The van der Waals surface area contributed by atoms with Crippen molar-refractivity contribution in [2.24, 2.45) is 5.92 Å². The van der Waals surface area contributed by atoms with Crippen molar-refractivity contribution < 1.29 is 4.42 Å². The zero-order chi connectivity index (χ0) is 17.9. The van der Waals surface area contributed by atoms with E-state index in [1.807, 2.05) is 33.5 Å². The zero-order valence-electron chi connectivity index (χ0n) is 14.9. The molecule has 0 aromatic carbocycles. The van der Waals surface area contributed by atoms with Crippen LogP contribution in [0.3, 0.4) is 0 Å². The fourth-order valence-electron chi connectivity index (χ4n) is 3.34. The molecule has 0 atom stereocenters. The highest BCUT2D eigenvalue weighted by Gasteiger charge is 2.19. The molecule has 4 rings (SSSR count). The number of hydrogen-bond donors (Lipinski definition) is 0. The van der Waals surface area contributed by atoms with Crippen LogP contribution in [-0.2, 0) is 13.2 Å². The van der Waals surface area contributed by atoms with Gasteiger partial charge in [-0.3, -0.25) is 14.5 Å². The molecule has 6 nitrogen and oxygen atoms in total. The molecule has 0 N–H and O–H groups in total. The fraction of sp³-hybridized carbons (Fsp3) is 0.421. The van der Waals surface area contributed by atoms with Gasteiger partial charge in [0.25, 0.3) is 0 Å². The fourth-order valence-corrected chi connectivity index (χ4v) is 3.59. The number of aromatic nitrogens is 4. The van der Waals surface area contributed by atoms with E-state index in [9.17, 15) is 0 Å². The molecule has 1 fully saturated rings. The predicted molar refractivity (Wildman–Crippen MR) is 102 cm³/mol. The molecular formula is C19H23N5OS. The van der Waals surface area contributed by atoms with Crippen molar-refractivity contribution in [3.05, 3.63) is 53.5 Å². The van der Waals surface area contributed by atoms with Crippen LogP contribution in [0.1, 0.15) is 25.5 Å². The Balaban J connectivity index is 1.67. The first-order valence-corrected chi connectivity index (χ1v) is 9.44. The van der Waals surface area contributed by atoms with Crippen LogP contribution in [0.15, 0.2) is 47.3 Å². The van der Waals surface area contributed by atoms with Gasteiger partial charge < -0.3 is 4.42 Å². The van der Waals surface area contributed by atoms with Crippen molar-refractivity contribution in [1.29, 1.82) is 0 Å². The summed E-state index contributed by atoms with van der Waals surface area (Å²) in [5.74, 6) is 2.52. The van der Waals surface area contributed by atoms with Gasteiger partial charge in [0.15, 0.2) is 10.6 Å². The maximum atomic E-state index is 5.76. The number of pyridine rings is 1. The monoisotopic (exact) mass is 369 g/mol. The second-order valence-corrected chi connectivity index (χ2v) is 7.31. The Morgan fingerprint density at radius 2 is 1.96 bits per heavy atom. The molecule has 0 aliphatic carbocycles. The summed E-state index contributed by atoms with van der Waals surface area (Å²) < 4.78 is 10.2. The van der Waals surface area contributed by atoms with E-state index in [4.69, 9.17) is 21.7 Å². The quantitative estimate of drug-likeness (QED) is 0.640. The highest BCUT2D eigenvalue weighted by atomic mass is 32.1. The minimum Gasteiger partial charge on any atom is -0.467 e. The van der Waals surface area contributed by atoms with Gasteiger partial charge in [-0.1, -0.05) is 6.92 Å². The molecule has 0 radical (unpaired) electrons. The molecule has 0 saturated carbocycles. The van der Waals surface area contributed by atoms with E-state index in [1.165, 1.54) is 12.8 Å². The van der Waals surface area contributed by atoms with Gasteiger partial charge in [0.2, 0.25) is 0 Å². The lowest BCUT2D eigenvalue weighted by molar-refractivity contribution is 0.146. The average Bonchev–Trinajstić information content (AvgIpc) is 3.28. The Morgan fingerprint density at radius 3 is 2.65 bits per heavy atom. The highest BCUT2D eigenvalue weighted by Crippen LogP contribution is 2.21. The first-order valence-electron chi connectivity index (χ1n) is 9.03. The first-order chi connectivity index (χ1) is 12.7. The van der Waals surface area contributed by atoms with Crippen molar-refractivity contribution in [3.63, 3.8) is 0 Å². The maximum absolute atomic E-state index is 5.76. The van der Waals surface area contributed by atoms with Gasteiger partial charge in [0.1, 0.15) is 5.76 Å². The molecule has 136 valence electrons. The molecule has 7 heteroatoms. The Kier molecular flexibility index (Phi) is 4.99. The minimum atomic E-state index is 0.570. The molecule has 0 amide bonds. The molecule has 26 heavy (non-hydrogen) atoms. The SMILES string of the molecule is CC1CCN(Cn2nc(-c3ccncc3)n(Cc3ccco3)c2=S)CC1. The third-order valence-electron chi connectivity index (χ3n) is 4.97. The van der Waals surface area contributed by atoms with E-state index < -0.39 is 0 Å². The van der Waals surface area contributed by atoms with E-state index >= 15 is 0 Å². The maximum Gasteiger partial charge on any atom is 0.199 e. The van der Waals surface area contributed by atoms with Gasteiger partial charge in [-0.05, 0) is 55.2 Å². The van der Waals surface area contributed by atoms with Crippen LogP contribution in [0.5, 0.6) is 0 Å². The zero-order valence-corrected chi connectivity index (χ0v) is 15.7. The van der Waals surface area contributed by atoms with Crippen LogP contribution < -0.4 is 0 Å². The number of rotatable bonds is 5. The summed E-state index contributed by atoms with van der Waals surface area (Å²) >= 11 is 5.76. The average molecular weight is 369 g/mol. The number of likely N-dealkylation sites (tertiary alicyclic amines) is 1. The minimum absolute atomic E-state index is 0.570. The summed E-state index contributed by atoms with van der Waals surface area (Å²) in [6, 6.07) is 7.77. The number of piperidine rings is 1. The molecule has 0 bridgehead atoms. The number of furan rings is 1. The molecule has 4 heterocycles. The van der Waals surface area contributed by atoms with Gasteiger partial charge in [0.05, 0.1) is 19.5 Å². The molecule has 1 aliphatic heterocycles. The number of hydrogen-bond acceptors (Lipinski definition) is 5. The van der Waals surface area contributed by atoms with Crippen LogP contribution in [-0.4, -0.2) is 37.3 Å². The van der Waals surface area contributed by atoms with Crippen molar-refractivity contribution in [2.75, 3.05) is 13.1 Å². The lowest BCUT2D eigenvalue weighted by Crippen LogP contribution is -2.34. The van der Waals surface area contributed by atoms with Crippen molar-refractivity contribution >= 4 is 12.2 Å². The van der Waals surface area contributed by atoms with E-state index in [0.29, 0.717) is 11.3 Å². The molecule has 3 aromatic heterocycles. The molecular weight excluding hydrogens is 346 g/mol. The second kappa shape index (κ2) is 7.55. The van der Waals surface area contributed by atoms with Crippen molar-refractivity contribution in [2.45, 2.75) is 33.0 Å². The highest BCUT2D eigenvalue weighted by molar-refractivity contribution is 7.71. The summed E-state index contributed by atoms with van der Waals surface area (Å²) in [6.45, 7) is 5.81. The molecule has 1 saturated heterocycles. The topological polar surface area (TPSA) is 52.0 Å². The molecule has 0 spiro atoms. The van der Waals surface area contributed by atoms with Gasteiger partial charge >= 0.3 is 0 Å². The van der Waals surface area contributed by atoms with Gasteiger partial charge in [-0.2, -0.15) is 5.10 Å². The molecule has 0 unspecified atom stereocenters. The summed E-state index contributed by atoms with van der Waals surface area (Å²) in [6.07, 6.45) is 7.71. The Morgan fingerprint density at radius 1 is 1.19 bits per heavy atom. The largest absolute Gasteiger partial charge is 0.467 e. The van der Waals surface area contributed by atoms with Crippen LogP contribution >= 0.6 is 12.2 Å². The van der Waals surface area contributed by atoms with Crippen LogP contribution in [0.2, 0.25) is 0 Å². The third-order valence-corrected chi connectivity index (χ3v) is 5.40.